The maximum absolute atomic E-state index is 16.3. The second-order valence-corrected chi connectivity index (χ2v) is 19.3. The van der Waals surface area contributed by atoms with Gasteiger partial charge in [-0.05, 0) is 97.8 Å². The SMILES string of the molecule is C=C(CN1C(=O)CCC(N2Cc3cc(CNC(=O)Nc4ccc(C)c(Cl)c4)ccc3C2=O)C1=O)C(=O)N1CCN(c2nc(=O)n(-c3c(C)ccnc3C(C)C)c3nc(-c4c(O)cccc4F)c(F)cc23)[C@@H](C)C1. The molecule has 3 aliphatic heterocycles. The highest BCUT2D eigenvalue weighted by atomic mass is 35.5. The summed E-state index contributed by atoms with van der Waals surface area (Å²) in [5.41, 5.74) is 2.83. The smallest absolute Gasteiger partial charge is 0.355 e. The number of amides is 6. The quantitative estimate of drug-likeness (QED) is 0.0868. The van der Waals surface area contributed by atoms with Crippen LogP contribution in [-0.4, -0.2) is 107 Å². The predicted molar refractivity (Wildman–Crippen MR) is 269 cm³/mol. The van der Waals surface area contributed by atoms with Crippen LogP contribution in [0.25, 0.3) is 28.0 Å². The number of urea groups is 1. The van der Waals surface area contributed by atoms with Gasteiger partial charge in [-0.3, -0.25) is 29.1 Å². The van der Waals surface area contributed by atoms with Gasteiger partial charge >= 0.3 is 11.7 Å². The number of aromatic hydroxyl groups is 1. The van der Waals surface area contributed by atoms with Crippen molar-refractivity contribution in [3.8, 4) is 22.7 Å². The molecule has 6 amide bonds. The highest BCUT2D eigenvalue weighted by Crippen LogP contribution is 2.37. The third kappa shape index (κ3) is 9.47. The van der Waals surface area contributed by atoms with Gasteiger partial charge < -0.3 is 30.4 Å². The number of phenols is 1. The van der Waals surface area contributed by atoms with Crippen LogP contribution in [0.5, 0.6) is 5.75 Å². The maximum atomic E-state index is 16.3. The highest BCUT2D eigenvalue weighted by molar-refractivity contribution is 6.31. The van der Waals surface area contributed by atoms with Gasteiger partial charge in [0.2, 0.25) is 5.91 Å². The molecule has 0 saturated carbocycles. The van der Waals surface area contributed by atoms with Crippen LogP contribution in [0.3, 0.4) is 0 Å². The van der Waals surface area contributed by atoms with Crippen molar-refractivity contribution in [2.75, 3.05) is 36.4 Å². The number of hydrogen-bond donors (Lipinski definition) is 3. The van der Waals surface area contributed by atoms with Crippen molar-refractivity contribution in [1.82, 2.24) is 39.5 Å². The first-order chi connectivity index (χ1) is 34.8. The zero-order valence-electron chi connectivity index (χ0n) is 40.6. The van der Waals surface area contributed by atoms with Crippen molar-refractivity contribution in [2.24, 2.45) is 0 Å². The van der Waals surface area contributed by atoms with Gasteiger partial charge in [-0.15, -0.1) is 0 Å². The molecule has 6 heterocycles. The van der Waals surface area contributed by atoms with Crippen molar-refractivity contribution in [2.45, 2.75) is 78.6 Å². The third-order valence-corrected chi connectivity index (χ3v) is 13.9. The van der Waals surface area contributed by atoms with Crippen molar-refractivity contribution in [3.63, 3.8) is 0 Å². The molecule has 20 heteroatoms. The van der Waals surface area contributed by atoms with Crippen LogP contribution in [0.2, 0.25) is 5.02 Å². The number of likely N-dealkylation sites (tertiary alicyclic amines) is 1. The minimum atomic E-state index is -0.986. The maximum Gasteiger partial charge on any atom is 0.355 e. The van der Waals surface area contributed by atoms with E-state index in [0.717, 1.165) is 28.2 Å². The summed E-state index contributed by atoms with van der Waals surface area (Å²) in [5, 5.41) is 16.8. The van der Waals surface area contributed by atoms with E-state index >= 15 is 8.78 Å². The van der Waals surface area contributed by atoms with Gasteiger partial charge in [0, 0.05) is 73.2 Å². The number of anilines is 2. The molecule has 17 nitrogen and oxygen atoms in total. The fourth-order valence-corrected chi connectivity index (χ4v) is 9.92. The number of piperidine rings is 1. The van der Waals surface area contributed by atoms with Gasteiger partial charge in [0.25, 0.3) is 17.7 Å². The van der Waals surface area contributed by atoms with E-state index in [1.165, 1.54) is 26.5 Å². The van der Waals surface area contributed by atoms with Crippen LogP contribution >= 0.6 is 11.6 Å². The Labute approximate surface area is 423 Å². The van der Waals surface area contributed by atoms with Gasteiger partial charge in [-0.25, -0.2) is 27.9 Å². The number of carbonyl (C=O) groups excluding carboxylic acids is 5. The summed E-state index contributed by atoms with van der Waals surface area (Å²) in [7, 11) is 0. The van der Waals surface area contributed by atoms with E-state index < -0.39 is 76.7 Å². The van der Waals surface area contributed by atoms with E-state index in [1.807, 2.05) is 20.8 Å². The van der Waals surface area contributed by atoms with Crippen molar-refractivity contribution in [1.29, 1.82) is 0 Å². The minimum Gasteiger partial charge on any atom is -0.507 e. The predicted octanol–water partition coefficient (Wildman–Crippen LogP) is 7.31. The summed E-state index contributed by atoms with van der Waals surface area (Å²) in [5.74, 6) is -4.64. The first kappa shape index (κ1) is 49.9. The monoisotopic (exact) mass is 1010 g/mol. The molecule has 9 rings (SSSR count). The first-order valence-electron chi connectivity index (χ1n) is 23.7. The summed E-state index contributed by atoms with van der Waals surface area (Å²) in [6, 6.07) is 14.7. The van der Waals surface area contributed by atoms with Crippen LogP contribution in [0, 0.1) is 25.5 Å². The molecule has 3 aromatic heterocycles. The summed E-state index contributed by atoms with van der Waals surface area (Å²) in [6.45, 7) is 13.3. The Hall–Kier alpha value is -8.06. The molecule has 6 aromatic rings. The molecule has 1 unspecified atom stereocenters. The minimum absolute atomic E-state index is 0.0418. The number of piperazine rings is 1. The highest BCUT2D eigenvalue weighted by Gasteiger charge is 2.43. The first-order valence-corrected chi connectivity index (χ1v) is 24.1. The lowest BCUT2D eigenvalue weighted by Crippen LogP contribution is -2.57. The Balaban J connectivity index is 0.896. The number of aromatic nitrogens is 4. The normalized spacial score (nSPS) is 16.9. The van der Waals surface area contributed by atoms with Gasteiger partial charge in [0.15, 0.2) is 11.5 Å². The molecule has 3 aromatic carbocycles. The van der Waals surface area contributed by atoms with E-state index in [1.54, 1.807) is 67.4 Å². The number of hydrogen-bond acceptors (Lipinski definition) is 11. The number of nitrogens with one attached hydrogen (secondary N) is 2. The molecule has 2 fully saturated rings. The third-order valence-electron chi connectivity index (χ3n) is 13.5. The molecule has 2 atom stereocenters. The topological polar surface area (TPSA) is 203 Å². The fraction of sp³-hybridized carbons (Fsp3) is 0.302. The zero-order chi connectivity index (χ0) is 52.2. The lowest BCUT2D eigenvalue weighted by atomic mass is 10.0. The Kier molecular flexibility index (Phi) is 13.6. The van der Waals surface area contributed by atoms with E-state index in [4.69, 9.17) is 11.6 Å². The number of imide groups is 1. The van der Waals surface area contributed by atoms with Gasteiger partial charge in [0.05, 0.1) is 28.9 Å². The van der Waals surface area contributed by atoms with Gasteiger partial charge in [-0.1, -0.05) is 56.3 Å². The molecule has 3 N–H and O–H groups in total. The molecule has 73 heavy (non-hydrogen) atoms. The Bertz CT molecular complexity index is 3360. The molecule has 0 radical (unpaired) electrons. The second-order valence-electron chi connectivity index (χ2n) is 18.9. The summed E-state index contributed by atoms with van der Waals surface area (Å²) < 4.78 is 32.8. The molecule has 376 valence electrons. The van der Waals surface area contributed by atoms with E-state index in [0.29, 0.717) is 38.8 Å². The standard InChI is InChI=1S/C53H51ClF2N10O7/c1-27(2)44-46(29(4)16-17-57-44)66-48-36(22-39(56)45(60-48)43-38(55)8-7-9-41(43)67)47(61-53(66)73)63-19-18-62(25-31(63)6)49(69)30(5)24-65-42(68)15-14-40(51(65)71)64-26-33-20-32(11-13-35(33)50(64)70)23-58-52(72)59-34-12-10-28(3)37(54)21-34/h7-13,16-17,20-22,27,31,40,67H,5,14-15,18-19,23-26H2,1-4,6H3,(H2,58,59,72)/t31-,40?/m0/s1. The molecule has 0 aliphatic carbocycles. The summed E-state index contributed by atoms with van der Waals surface area (Å²) in [4.78, 5) is 101. The van der Waals surface area contributed by atoms with Crippen LogP contribution in [0.1, 0.15) is 77.8 Å². The molecule has 3 aliphatic rings. The van der Waals surface area contributed by atoms with Crippen molar-refractivity contribution >= 4 is 63.8 Å². The number of fused-ring (bicyclic) bond motifs is 2. The lowest BCUT2D eigenvalue weighted by Gasteiger charge is -2.41. The molecule has 0 bridgehead atoms. The largest absolute Gasteiger partial charge is 0.507 e. The lowest BCUT2D eigenvalue weighted by molar-refractivity contribution is -0.151. The van der Waals surface area contributed by atoms with Gasteiger partial charge in [0.1, 0.15) is 29.1 Å². The van der Waals surface area contributed by atoms with Crippen molar-refractivity contribution < 1.29 is 37.9 Å². The van der Waals surface area contributed by atoms with E-state index in [9.17, 15) is 33.9 Å². The Morgan fingerprint density at radius 1 is 0.945 bits per heavy atom. The van der Waals surface area contributed by atoms with Crippen LogP contribution in [0.15, 0.2) is 89.9 Å². The summed E-state index contributed by atoms with van der Waals surface area (Å²) in [6.07, 6.45) is 1.64. The molecular formula is C53H51ClF2N10O7. The van der Waals surface area contributed by atoms with Crippen LogP contribution in [0.4, 0.5) is 25.1 Å². The number of nitrogens with zero attached hydrogens (tertiary/aromatic N) is 8. The number of rotatable bonds is 11. The Morgan fingerprint density at radius 2 is 1.73 bits per heavy atom. The van der Waals surface area contributed by atoms with Crippen molar-refractivity contribution in [3.05, 3.63) is 146 Å². The zero-order valence-corrected chi connectivity index (χ0v) is 41.4. The number of aryl methyl sites for hydroxylation is 2. The average molecular weight is 1010 g/mol. The average Bonchev–Trinajstić information content (AvgIpc) is 3.67. The van der Waals surface area contributed by atoms with Crippen LogP contribution in [-0.2, 0) is 27.5 Å². The summed E-state index contributed by atoms with van der Waals surface area (Å²) >= 11 is 6.19. The molecule has 2 saturated heterocycles. The number of pyridine rings is 2. The number of halogens is 3. The Morgan fingerprint density at radius 3 is 2.45 bits per heavy atom. The second kappa shape index (κ2) is 19.9. The number of benzene rings is 3. The van der Waals surface area contributed by atoms with E-state index in [2.05, 4.69) is 32.2 Å². The van der Waals surface area contributed by atoms with Gasteiger partial charge in [-0.2, -0.15) is 4.98 Å². The number of carbonyl (C=O) groups is 5. The fourth-order valence-electron chi connectivity index (χ4n) is 9.74. The number of phenolic OH excluding ortho intramolecular Hbond substituents is 1. The van der Waals surface area contributed by atoms with Crippen LogP contribution < -0.4 is 21.2 Å². The molecule has 0 spiro atoms. The van der Waals surface area contributed by atoms with E-state index in [-0.39, 0.29) is 79.8 Å². The molecular weight excluding hydrogens is 962 g/mol.